The fourth-order valence-corrected chi connectivity index (χ4v) is 5.82. The van der Waals surface area contributed by atoms with Gasteiger partial charge < -0.3 is 9.30 Å². The van der Waals surface area contributed by atoms with Gasteiger partial charge in [0.05, 0.1) is 29.2 Å². The molecule has 0 unspecified atom stereocenters. The summed E-state index contributed by atoms with van der Waals surface area (Å²) in [7, 11) is -3.87. The van der Waals surface area contributed by atoms with E-state index in [-0.39, 0.29) is 18.0 Å². The molecule has 1 heterocycles. The van der Waals surface area contributed by atoms with Gasteiger partial charge in [-0.3, -0.25) is 0 Å². The molecule has 38 heavy (non-hydrogen) atoms. The van der Waals surface area contributed by atoms with Gasteiger partial charge in [-0.15, -0.1) is 6.42 Å². The first kappa shape index (κ1) is 25.3. The molecule has 6 heteroatoms. The van der Waals surface area contributed by atoms with Crippen LogP contribution in [-0.4, -0.2) is 23.8 Å². The second kappa shape index (κ2) is 11.0. The van der Waals surface area contributed by atoms with Crippen LogP contribution in [0.4, 0.5) is 0 Å². The summed E-state index contributed by atoms with van der Waals surface area (Å²) in [4.78, 5) is 0.203. The molecule has 0 amide bonds. The highest BCUT2D eigenvalue weighted by molar-refractivity contribution is 7.89. The number of hydrogen-bond donors (Lipinski definition) is 0. The van der Waals surface area contributed by atoms with Gasteiger partial charge in [0, 0.05) is 11.9 Å². The molecule has 4 aromatic carbocycles. The zero-order chi connectivity index (χ0) is 26.5. The van der Waals surface area contributed by atoms with Crippen molar-refractivity contribution in [2.45, 2.75) is 24.9 Å². The first-order valence-electron chi connectivity index (χ1n) is 12.3. The number of fused-ring (bicyclic) bond motifs is 1. The number of sulfonamides is 1. The molecule has 0 aliphatic heterocycles. The Morgan fingerprint density at radius 2 is 1.47 bits per heavy atom. The van der Waals surface area contributed by atoms with Crippen molar-refractivity contribution in [3.05, 3.63) is 126 Å². The van der Waals surface area contributed by atoms with Crippen LogP contribution in [0, 0.1) is 19.3 Å². The Kier molecular flexibility index (Phi) is 7.32. The molecule has 0 saturated carbocycles. The van der Waals surface area contributed by atoms with Crippen LogP contribution in [0.15, 0.2) is 114 Å². The van der Waals surface area contributed by atoms with E-state index in [0.717, 1.165) is 27.7 Å². The van der Waals surface area contributed by atoms with Crippen molar-refractivity contribution in [1.29, 1.82) is 0 Å². The van der Waals surface area contributed by atoms with Crippen molar-refractivity contribution in [3.63, 3.8) is 0 Å². The van der Waals surface area contributed by atoms with Crippen LogP contribution in [0.25, 0.3) is 10.9 Å². The van der Waals surface area contributed by atoms with Crippen molar-refractivity contribution < 1.29 is 13.2 Å². The minimum Gasteiger partial charge on any atom is -0.455 e. The number of terminal acetylenes is 1. The third-order valence-electron chi connectivity index (χ3n) is 6.43. The van der Waals surface area contributed by atoms with Gasteiger partial charge in [-0.1, -0.05) is 84.3 Å². The highest BCUT2D eigenvalue weighted by Gasteiger charge is 2.28. The maximum absolute atomic E-state index is 13.8. The Labute approximate surface area is 224 Å². The molecule has 5 aromatic rings. The van der Waals surface area contributed by atoms with E-state index in [9.17, 15) is 8.42 Å². The monoisotopic (exact) mass is 520 g/mol. The standard InChI is InChI=1S/C32H28N2O3S/c1-3-22-33(38(35,36)28-20-18-25(2)19-21-28)24-31-32(37-27-14-8-5-9-15-27)29-16-10-11-17-30(29)34(31)23-26-12-6-4-7-13-26/h1,4-21H,22-24H2,2H3. The zero-order valence-corrected chi connectivity index (χ0v) is 21.9. The minimum atomic E-state index is -3.87. The summed E-state index contributed by atoms with van der Waals surface area (Å²) in [5.41, 5.74) is 3.75. The van der Waals surface area contributed by atoms with Crippen molar-refractivity contribution in [3.8, 4) is 23.8 Å². The third-order valence-corrected chi connectivity index (χ3v) is 8.23. The highest BCUT2D eigenvalue weighted by atomic mass is 32.2. The van der Waals surface area contributed by atoms with Gasteiger partial charge in [0.1, 0.15) is 5.75 Å². The van der Waals surface area contributed by atoms with Gasteiger partial charge in [-0.2, -0.15) is 4.31 Å². The van der Waals surface area contributed by atoms with E-state index in [4.69, 9.17) is 11.2 Å². The molecule has 0 aliphatic carbocycles. The predicted molar refractivity (Wildman–Crippen MR) is 152 cm³/mol. The Morgan fingerprint density at radius 3 is 2.16 bits per heavy atom. The van der Waals surface area contributed by atoms with Crippen molar-refractivity contribution in [2.24, 2.45) is 0 Å². The van der Waals surface area contributed by atoms with Crippen LogP contribution in [-0.2, 0) is 23.1 Å². The van der Waals surface area contributed by atoms with Gasteiger partial charge >= 0.3 is 0 Å². The summed E-state index contributed by atoms with van der Waals surface area (Å²) >= 11 is 0. The molecule has 5 nitrogen and oxygen atoms in total. The lowest BCUT2D eigenvalue weighted by Crippen LogP contribution is -2.32. The highest BCUT2D eigenvalue weighted by Crippen LogP contribution is 2.38. The predicted octanol–water partition coefficient (Wildman–Crippen LogP) is 6.61. The topological polar surface area (TPSA) is 51.5 Å². The quantitative estimate of drug-likeness (QED) is 0.205. The largest absolute Gasteiger partial charge is 0.455 e. The third kappa shape index (κ3) is 5.21. The van der Waals surface area contributed by atoms with Gasteiger partial charge in [0.15, 0.2) is 5.75 Å². The van der Waals surface area contributed by atoms with Crippen LogP contribution in [0.1, 0.15) is 16.8 Å². The summed E-state index contributed by atoms with van der Waals surface area (Å²) in [6.45, 7) is 2.44. The molecule has 0 atom stereocenters. The molecule has 1 aromatic heterocycles. The zero-order valence-electron chi connectivity index (χ0n) is 21.1. The first-order valence-corrected chi connectivity index (χ1v) is 13.8. The molecule has 5 rings (SSSR count). The normalized spacial score (nSPS) is 11.5. The molecule has 0 saturated heterocycles. The van der Waals surface area contributed by atoms with Crippen molar-refractivity contribution >= 4 is 20.9 Å². The average Bonchev–Trinajstić information content (AvgIpc) is 3.21. The molecule has 190 valence electrons. The molecular weight excluding hydrogens is 492 g/mol. The number of rotatable bonds is 9. The van der Waals surface area contributed by atoms with Crippen LogP contribution >= 0.6 is 0 Å². The van der Waals surface area contributed by atoms with Gasteiger partial charge in [0.25, 0.3) is 0 Å². The number of aryl methyl sites for hydroxylation is 1. The summed E-state index contributed by atoms with van der Waals surface area (Å²) in [5, 5.41) is 0.899. The van der Waals surface area contributed by atoms with Gasteiger partial charge in [-0.25, -0.2) is 8.42 Å². The fourth-order valence-electron chi connectivity index (χ4n) is 4.50. The van der Waals surface area contributed by atoms with E-state index in [0.29, 0.717) is 18.0 Å². The van der Waals surface area contributed by atoms with E-state index in [1.165, 1.54) is 4.31 Å². The van der Waals surface area contributed by atoms with Crippen LogP contribution < -0.4 is 4.74 Å². The lowest BCUT2D eigenvalue weighted by atomic mass is 10.2. The maximum atomic E-state index is 13.8. The Bertz CT molecular complexity index is 1610. The summed E-state index contributed by atoms with van der Waals surface area (Å²) in [5.74, 6) is 3.83. The number of aromatic nitrogens is 1. The number of benzene rings is 4. The second-order valence-corrected chi connectivity index (χ2v) is 11.0. The Balaban J connectivity index is 1.67. The average molecular weight is 521 g/mol. The van der Waals surface area contributed by atoms with E-state index in [1.54, 1.807) is 24.3 Å². The van der Waals surface area contributed by atoms with Crippen LogP contribution in [0.3, 0.4) is 0 Å². The Hall–Kier alpha value is -4.31. The summed E-state index contributed by atoms with van der Waals surface area (Å²) in [6.07, 6.45) is 5.69. The first-order chi connectivity index (χ1) is 18.5. The molecule has 0 fully saturated rings. The number of ether oxygens (including phenoxy) is 1. The maximum Gasteiger partial charge on any atom is 0.244 e. The van der Waals surface area contributed by atoms with Gasteiger partial charge in [-0.05, 0) is 48.9 Å². The van der Waals surface area contributed by atoms with E-state index in [1.807, 2.05) is 79.7 Å². The summed E-state index contributed by atoms with van der Waals surface area (Å²) < 4.78 is 37.5. The molecule has 0 radical (unpaired) electrons. The minimum absolute atomic E-state index is 0.0457. The fraction of sp³-hybridized carbons (Fsp3) is 0.125. The second-order valence-electron chi connectivity index (χ2n) is 9.07. The Morgan fingerprint density at radius 1 is 0.842 bits per heavy atom. The number of nitrogens with zero attached hydrogens (tertiary/aromatic N) is 2. The molecular formula is C32H28N2O3S. The van der Waals surface area contributed by atoms with E-state index < -0.39 is 10.0 Å². The number of hydrogen-bond acceptors (Lipinski definition) is 3. The molecule has 0 N–H and O–H groups in total. The van der Waals surface area contributed by atoms with E-state index in [2.05, 4.69) is 22.6 Å². The van der Waals surface area contributed by atoms with Crippen LogP contribution in [0.5, 0.6) is 11.5 Å². The van der Waals surface area contributed by atoms with Crippen LogP contribution in [0.2, 0.25) is 0 Å². The lowest BCUT2D eigenvalue weighted by Gasteiger charge is -2.22. The van der Waals surface area contributed by atoms with E-state index >= 15 is 0 Å². The van der Waals surface area contributed by atoms with Crippen molar-refractivity contribution in [1.82, 2.24) is 8.87 Å². The molecule has 0 bridgehead atoms. The van der Waals surface area contributed by atoms with Gasteiger partial charge in [0.2, 0.25) is 10.0 Å². The molecule has 0 spiro atoms. The lowest BCUT2D eigenvalue weighted by molar-refractivity contribution is 0.414. The number of para-hydroxylation sites is 2. The summed E-state index contributed by atoms with van der Waals surface area (Å²) in [6, 6.07) is 34.4. The SMILES string of the molecule is C#CCN(Cc1c(Oc2ccccc2)c2ccccc2n1Cc1ccccc1)S(=O)(=O)c1ccc(C)cc1. The molecule has 0 aliphatic rings. The van der Waals surface area contributed by atoms with Crippen molar-refractivity contribution in [2.75, 3.05) is 6.54 Å². The smallest absolute Gasteiger partial charge is 0.244 e.